The van der Waals surface area contributed by atoms with Gasteiger partial charge in [-0.2, -0.15) is 5.26 Å². The molecule has 0 spiro atoms. The van der Waals surface area contributed by atoms with Crippen LogP contribution in [0.4, 0.5) is 15.9 Å². The maximum absolute atomic E-state index is 14.7. The predicted molar refractivity (Wildman–Crippen MR) is 145 cm³/mol. The molecule has 0 radical (unpaired) electrons. The van der Waals surface area contributed by atoms with Gasteiger partial charge >= 0.3 is 0 Å². The van der Waals surface area contributed by atoms with Crippen LogP contribution in [0.5, 0.6) is 0 Å². The van der Waals surface area contributed by atoms with Crippen molar-refractivity contribution in [1.29, 1.82) is 10.7 Å². The number of hydrogen-bond acceptors (Lipinski definition) is 7. The third-order valence-corrected chi connectivity index (χ3v) is 6.43. The number of pyridine rings is 1. The summed E-state index contributed by atoms with van der Waals surface area (Å²) < 4.78 is 14.7. The Balaban J connectivity index is 2.02. The second-order valence-electron chi connectivity index (χ2n) is 9.05. The van der Waals surface area contributed by atoms with Crippen LogP contribution in [0.25, 0.3) is 22.4 Å². The number of carbonyl (C=O) groups excluding carboxylic acids is 1. The first-order chi connectivity index (χ1) is 17.9. The van der Waals surface area contributed by atoms with Crippen LogP contribution in [0.15, 0.2) is 42.5 Å². The van der Waals surface area contributed by atoms with Gasteiger partial charge in [-0.3, -0.25) is 4.79 Å². The summed E-state index contributed by atoms with van der Waals surface area (Å²) in [4.78, 5) is 22.0. The lowest BCUT2D eigenvalue weighted by Gasteiger charge is -2.26. The van der Waals surface area contributed by atoms with Crippen molar-refractivity contribution in [2.45, 2.75) is 6.42 Å². The molecule has 1 aliphatic heterocycles. The number of halogens is 1. The molecule has 0 aliphatic carbocycles. The van der Waals surface area contributed by atoms with E-state index in [1.165, 1.54) is 23.2 Å². The van der Waals surface area contributed by atoms with Gasteiger partial charge in [0.2, 0.25) is 0 Å². The number of benzene rings is 2. The molecular formula is C28H30FN7O. The number of nitriles is 1. The fourth-order valence-corrected chi connectivity index (χ4v) is 4.47. The van der Waals surface area contributed by atoms with E-state index < -0.39 is 5.82 Å². The number of nitrogens with zero attached hydrogens (tertiary/aromatic N) is 4. The second-order valence-corrected chi connectivity index (χ2v) is 9.05. The minimum atomic E-state index is -0.632. The van der Waals surface area contributed by atoms with Gasteiger partial charge < -0.3 is 25.8 Å². The van der Waals surface area contributed by atoms with E-state index >= 15 is 0 Å². The van der Waals surface area contributed by atoms with Crippen LogP contribution in [0, 0.1) is 22.6 Å². The second kappa shape index (κ2) is 11.2. The van der Waals surface area contributed by atoms with Gasteiger partial charge in [0, 0.05) is 69.4 Å². The van der Waals surface area contributed by atoms with Gasteiger partial charge in [-0.1, -0.05) is 12.1 Å². The summed E-state index contributed by atoms with van der Waals surface area (Å²) in [6, 6.07) is 13.7. The molecule has 3 N–H and O–H groups in total. The molecule has 4 rings (SSSR count). The Labute approximate surface area is 216 Å². The Morgan fingerprint density at radius 1 is 1.19 bits per heavy atom. The van der Waals surface area contributed by atoms with E-state index in [0.29, 0.717) is 40.3 Å². The molecule has 0 unspecified atom stereocenters. The number of hydrogen-bond donors (Lipinski definition) is 3. The van der Waals surface area contributed by atoms with Gasteiger partial charge in [-0.25, -0.2) is 9.37 Å². The van der Waals surface area contributed by atoms with Crippen LogP contribution in [0.2, 0.25) is 0 Å². The Morgan fingerprint density at radius 3 is 2.65 bits per heavy atom. The van der Waals surface area contributed by atoms with Gasteiger partial charge in [0.25, 0.3) is 5.91 Å². The van der Waals surface area contributed by atoms with Gasteiger partial charge in [-0.05, 0) is 48.9 Å². The molecule has 0 atom stereocenters. The Hall–Kier alpha value is -4.29. The average Bonchev–Trinajstić information content (AvgIpc) is 3.21. The molecule has 1 aromatic heterocycles. The fourth-order valence-electron chi connectivity index (χ4n) is 4.47. The number of rotatable bonds is 6. The molecule has 37 heavy (non-hydrogen) atoms. The lowest BCUT2D eigenvalue weighted by molar-refractivity contribution is 0.0828. The topological polar surface area (TPSA) is 108 Å². The molecule has 1 saturated heterocycles. The molecule has 1 aliphatic rings. The van der Waals surface area contributed by atoms with Crippen molar-refractivity contribution in [2.75, 3.05) is 57.5 Å². The third-order valence-electron chi connectivity index (χ3n) is 6.43. The summed E-state index contributed by atoms with van der Waals surface area (Å²) in [5.74, 6) is -0.268. The third kappa shape index (κ3) is 5.29. The molecule has 1 fully saturated rings. The minimum Gasteiger partial charge on any atom is -0.388 e. The van der Waals surface area contributed by atoms with E-state index in [1.807, 2.05) is 30.3 Å². The minimum absolute atomic E-state index is 0.0482. The predicted octanol–water partition coefficient (Wildman–Crippen LogP) is 3.97. The normalized spacial score (nSPS) is 13.4. The van der Waals surface area contributed by atoms with Crippen molar-refractivity contribution in [3.8, 4) is 28.5 Å². The number of nitrogens with one attached hydrogen (secondary N) is 3. The molecular weight excluding hydrogens is 469 g/mol. The van der Waals surface area contributed by atoms with Gasteiger partial charge in [0.05, 0.1) is 16.8 Å². The van der Waals surface area contributed by atoms with Gasteiger partial charge in [-0.15, -0.1) is 0 Å². The fraction of sp³-hybridized carbons (Fsp3) is 0.286. The molecule has 2 heterocycles. The van der Waals surface area contributed by atoms with Crippen LogP contribution in [-0.4, -0.2) is 69.3 Å². The van der Waals surface area contributed by atoms with Crippen molar-refractivity contribution in [2.24, 2.45) is 0 Å². The maximum Gasteiger partial charge on any atom is 0.257 e. The SMILES string of the molecule is CNc1ccc(-c2cc(C(=O)N(C)C)c(N3CCCNCC3)nc2-c2ccc(C#N)c(F)c2)cc1C=N. The zero-order chi connectivity index (χ0) is 26.5. The quantitative estimate of drug-likeness (QED) is 0.443. The van der Waals surface area contributed by atoms with E-state index in [0.717, 1.165) is 37.3 Å². The van der Waals surface area contributed by atoms with Crippen LogP contribution in [-0.2, 0) is 0 Å². The molecule has 2 aromatic carbocycles. The molecule has 3 aromatic rings. The summed E-state index contributed by atoms with van der Waals surface area (Å²) in [6.07, 6.45) is 2.16. The summed E-state index contributed by atoms with van der Waals surface area (Å²) in [5.41, 5.74) is 4.23. The van der Waals surface area contributed by atoms with Crippen LogP contribution in [0.1, 0.15) is 27.9 Å². The first-order valence-corrected chi connectivity index (χ1v) is 12.1. The monoisotopic (exact) mass is 499 g/mol. The molecule has 190 valence electrons. The van der Waals surface area contributed by atoms with Crippen LogP contribution >= 0.6 is 0 Å². The summed E-state index contributed by atoms with van der Waals surface area (Å²) in [7, 11) is 5.19. The van der Waals surface area contributed by atoms with E-state index in [4.69, 9.17) is 10.4 Å². The van der Waals surface area contributed by atoms with Gasteiger partial charge in [0.1, 0.15) is 17.7 Å². The summed E-state index contributed by atoms with van der Waals surface area (Å²) in [6.45, 7) is 3.04. The van der Waals surface area contributed by atoms with E-state index in [9.17, 15) is 14.4 Å². The van der Waals surface area contributed by atoms with E-state index in [2.05, 4.69) is 15.5 Å². The lowest BCUT2D eigenvalue weighted by atomic mass is 9.94. The van der Waals surface area contributed by atoms with Crippen LogP contribution in [0.3, 0.4) is 0 Å². The average molecular weight is 500 g/mol. The first kappa shape index (κ1) is 25.8. The highest BCUT2D eigenvalue weighted by Crippen LogP contribution is 2.37. The number of carbonyl (C=O) groups is 1. The van der Waals surface area contributed by atoms with Crippen LogP contribution < -0.4 is 15.5 Å². The first-order valence-electron chi connectivity index (χ1n) is 12.1. The highest BCUT2D eigenvalue weighted by atomic mass is 19.1. The zero-order valence-corrected chi connectivity index (χ0v) is 21.2. The molecule has 1 amide bonds. The number of aromatic nitrogens is 1. The van der Waals surface area contributed by atoms with Crippen molar-refractivity contribution in [3.05, 3.63) is 65.0 Å². The largest absolute Gasteiger partial charge is 0.388 e. The maximum atomic E-state index is 14.7. The van der Waals surface area contributed by atoms with Crippen molar-refractivity contribution in [1.82, 2.24) is 15.2 Å². The van der Waals surface area contributed by atoms with Gasteiger partial charge in [0.15, 0.2) is 0 Å². The number of amides is 1. The molecule has 0 saturated carbocycles. The summed E-state index contributed by atoms with van der Waals surface area (Å²) >= 11 is 0. The smallest absolute Gasteiger partial charge is 0.257 e. The molecule has 9 heteroatoms. The van der Waals surface area contributed by atoms with Crippen molar-refractivity contribution < 1.29 is 9.18 Å². The van der Waals surface area contributed by atoms with Crippen molar-refractivity contribution >= 4 is 23.6 Å². The van der Waals surface area contributed by atoms with E-state index in [-0.39, 0.29) is 11.5 Å². The Kier molecular flexibility index (Phi) is 7.80. The van der Waals surface area contributed by atoms with E-state index in [1.54, 1.807) is 27.2 Å². The Bertz CT molecular complexity index is 1370. The highest BCUT2D eigenvalue weighted by molar-refractivity contribution is 6.02. The zero-order valence-electron chi connectivity index (χ0n) is 21.2. The lowest BCUT2D eigenvalue weighted by Crippen LogP contribution is -2.32. The highest BCUT2D eigenvalue weighted by Gasteiger charge is 2.25. The molecule has 0 bridgehead atoms. The standard InChI is InChI=1S/C28H30FN7O/c1-32-25-8-7-18(13-21(25)17-31)22-15-23(28(37)35(2)3)27(36-11-4-9-33-10-12-36)34-26(22)19-5-6-20(16-30)24(29)14-19/h5-8,13-15,17,31-33H,4,9-12H2,1-3H3. The van der Waals surface area contributed by atoms with Crippen molar-refractivity contribution in [3.63, 3.8) is 0 Å². The summed E-state index contributed by atoms with van der Waals surface area (Å²) in [5, 5.41) is 23.5. The number of anilines is 2. The Morgan fingerprint density at radius 2 is 1.97 bits per heavy atom. The molecule has 8 nitrogen and oxygen atoms in total.